The maximum Gasteiger partial charge on any atom is 0.303 e. The standard InChI is InChI=1S/C19H15N3O3S/c23-17(24)7-6-13-9-20-18-15(10-21-22(18)19(13)25)16-8-14(11-26-16)12-4-2-1-3-5-12/h1-5,8-11,25H,6-7H2,(H,23,24). The summed E-state index contributed by atoms with van der Waals surface area (Å²) in [6, 6.07) is 12.2. The number of thiophene rings is 1. The average Bonchev–Trinajstić information content (AvgIpc) is 3.29. The summed E-state index contributed by atoms with van der Waals surface area (Å²) in [4.78, 5) is 16.1. The first kappa shape index (κ1) is 16.3. The molecule has 3 aromatic heterocycles. The number of benzene rings is 1. The fraction of sp³-hybridized carbons (Fsp3) is 0.105. The van der Waals surface area contributed by atoms with Gasteiger partial charge in [-0.1, -0.05) is 30.3 Å². The highest BCUT2D eigenvalue weighted by Crippen LogP contribution is 2.35. The lowest BCUT2D eigenvalue weighted by Crippen LogP contribution is -2.01. The molecule has 4 rings (SSSR count). The van der Waals surface area contributed by atoms with E-state index >= 15 is 0 Å². The number of aromatic nitrogens is 3. The summed E-state index contributed by atoms with van der Waals surface area (Å²) in [5.41, 5.74) is 4.09. The van der Waals surface area contributed by atoms with E-state index < -0.39 is 5.97 Å². The van der Waals surface area contributed by atoms with E-state index in [4.69, 9.17) is 5.11 Å². The predicted octanol–water partition coefficient (Wildman–Crippen LogP) is 3.85. The van der Waals surface area contributed by atoms with Crippen molar-refractivity contribution >= 4 is 23.0 Å². The third-order valence-electron chi connectivity index (χ3n) is 4.15. The molecule has 0 aliphatic carbocycles. The van der Waals surface area contributed by atoms with Gasteiger partial charge in [0.1, 0.15) is 0 Å². The zero-order chi connectivity index (χ0) is 18.1. The molecule has 0 saturated heterocycles. The maximum absolute atomic E-state index is 10.7. The SMILES string of the molecule is O=C(O)CCc1cnc2c(-c3cc(-c4ccccc4)cs3)cnn2c1O. The second-order valence-electron chi connectivity index (χ2n) is 5.86. The minimum atomic E-state index is -0.919. The fourth-order valence-electron chi connectivity index (χ4n) is 2.81. The van der Waals surface area contributed by atoms with Gasteiger partial charge in [0.2, 0.25) is 5.88 Å². The van der Waals surface area contributed by atoms with Crippen molar-refractivity contribution in [1.29, 1.82) is 0 Å². The van der Waals surface area contributed by atoms with Crippen molar-refractivity contribution < 1.29 is 15.0 Å². The second-order valence-corrected chi connectivity index (χ2v) is 6.77. The zero-order valence-corrected chi connectivity index (χ0v) is 14.5. The lowest BCUT2D eigenvalue weighted by molar-refractivity contribution is -0.136. The number of carboxylic acid groups (broad SMARTS) is 1. The lowest BCUT2D eigenvalue weighted by Gasteiger charge is -2.04. The fourth-order valence-corrected chi connectivity index (χ4v) is 3.73. The molecule has 0 amide bonds. The molecule has 0 unspecified atom stereocenters. The zero-order valence-electron chi connectivity index (χ0n) is 13.7. The number of carboxylic acids is 1. The minimum Gasteiger partial charge on any atom is -0.493 e. The largest absolute Gasteiger partial charge is 0.493 e. The first-order chi connectivity index (χ1) is 12.6. The van der Waals surface area contributed by atoms with E-state index in [0.717, 1.165) is 21.6 Å². The number of hydrogen-bond donors (Lipinski definition) is 2. The van der Waals surface area contributed by atoms with Crippen LogP contribution >= 0.6 is 11.3 Å². The van der Waals surface area contributed by atoms with Gasteiger partial charge in [0.05, 0.1) is 11.8 Å². The van der Waals surface area contributed by atoms with Crippen LogP contribution in [0.3, 0.4) is 0 Å². The number of hydrogen-bond acceptors (Lipinski definition) is 5. The Morgan fingerprint density at radius 3 is 2.73 bits per heavy atom. The molecule has 3 heterocycles. The van der Waals surface area contributed by atoms with Gasteiger partial charge in [-0.3, -0.25) is 4.79 Å². The molecule has 0 saturated carbocycles. The third-order valence-corrected chi connectivity index (χ3v) is 5.12. The van der Waals surface area contributed by atoms with Crippen LogP contribution < -0.4 is 0 Å². The van der Waals surface area contributed by atoms with Crippen molar-refractivity contribution in [2.75, 3.05) is 0 Å². The summed E-state index contributed by atoms with van der Waals surface area (Å²) in [5, 5.41) is 25.5. The van der Waals surface area contributed by atoms with Gasteiger partial charge in [0.25, 0.3) is 0 Å². The number of aliphatic carboxylic acids is 1. The van der Waals surface area contributed by atoms with Gasteiger partial charge < -0.3 is 10.2 Å². The van der Waals surface area contributed by atoms with E-state index in [9.17, 15) is 9.90 Å². The third kappa shape index (κ3) is 2.93. The van der Waals surface area contributed by atoms with Gasteiger partial charge in [-0.2, -0.15) is 9.61 Å². The normalized spacial score (nSPS) is 11.1. The van der Waals surface area contributed by atoms with Crippen molar-refractivity contribution in [2.24, 2.45) is 0 Å². The molecule has 26 heavy (non-hydrogen) atoms. The topological polar surface area (TPSA) is 87.7 Å². The van der Waals surface area contributed by atoms with Crippen LogP contribution in [0.25, 0.3) is 27.2 Å². The molecule has 7 heteroatoms. The summed E-state index contributed by atoms with van der Waals surface area (Å²) in [7, 11) is 0. The summed E-state index contributed by atoms with van der Waals surface area (Å²) < 4.78 is 1.36. The molecule has 0 radical (unpaired) electrons. The minimum absolute atomic E-state index is 0.0673. The van der Waals surface area contributed by atoms with Crippen LogP contribution in [-0.4, -0.2) is 30.8 Å². The van der Waals surface area contributed by atoms with Gasteiger partial charge in [-0.05, 0) is 29.0 Å². The van der Waals surface area contributed by atoms with Crippen molar-refractivity contribution in [3.63, 3.8) is 0 Å². The molecule has 0 aliphatic rings. The Balaban J connectivity index is 1.71. The Labute approximate surface area is 153 Å². The lowest BCUT2D eigenvalue weighted by atomic mass is 10.1. The van der Waals surface area contributed by atoms with Gasteiger partial charge in [-0.15, -0.1) is 11.3 Å². The molecule has 6 nitrogen and oxygen atoms in total. The van der Waals surface area contributed by atoms with Crippen molar-refractivity contribution in [3.8, 4) is 27.4 Å². The van der Waals surface area contributed by atoms with E-state index in [0.29, 0.717) is 11.2 Å². The molecule has 0 bridgehead atoms. The molecular formula is C19H15N3O3S. The number of fused-ring (bicyclic) bond motifs is 1. The number of aryl methyl sites for hydroxylation is 1. The molecule has 4 aromatic rings. The first-order valence-electron chi connectivity index (χ1n) is 8.04. The van der Waals surface area contributed by atoms with Gasteiger partial charge in [-0.25, -0.2) is 4.98 Å². The van der Waals surface area contributed by atoms with E-state index in [-0.39, 0.29) is 18.7 Å². The van der Waals surface area contributed by atoms with Gasteiger partial charge in [0, 0.05) is 23.1 Å². The summed E-state index contributed by atoms with van der Waals surface area (Å²) >= 11 is 1.59. The highest BCUT2D eigenvalue weighted by Gasteiger charge is 2.16. The number of aromatic hydroxyl groups is 1. The van der Waals surface area contributed by atoms with Crippen molar-refractivity contribution in [2.45, 2.75) is 12.8 Å². The van der Waals surface area contributed by atoms with Crippen LogP contribution in [-0.2, 0) is 11.2 Å². The van der Waals surface area contributed by atoms with Crippen LogP contribution in [0.2, 0.25) is 0 Å². The molecular weight excluding hydrogens is 350 g/mol. The molecule has 0 spiro atoms. The molecule has 1 aromatic carbocycles. The number of rotatable bonds is 5. The maximum atomic E-state index is 10.7. The van der Waals surface area contributed by atoms with E-state index in [1.165, 1.54) is 10.7 Å². The quantitative estimate of drug-likeness (QED) is 0.561. The Morgan fingerprint density at radius 2 is 1.96 bits per heavy atom. The molecule has 0 fully saturated rings. The van der Waals surface area contributed by atoms with E-state index in [1.54, 1.807) is 17.5 Å². The Bertz CT molecular complexity index is 1090. The van der Waals surface area contributed by atoms with Crippen LogP contribution in [0.5, 0.6) is 5.88 Å². The Kier molecular flexibility index (Phi) is 4.14. The van der Waals surface area contributed by atoms with Gasteiger partial charge in [0.15, 0.2) is 5.65 Å². The van der Waals surface area contributed by atoms with Crippen LogP contribution in [0.1, 0.15) is 12.0 Å². The van der Waals surface area contributed by atoms with Crippen molar-refractivity contribution in [3.05, 3.63) is 59.7 Å². The highest BCUT2D eigenvalue weighted by molar-refractivity contribution is 7.14. The number of nitrogens with zero attached hydrogens (tertiary/aromatic N) is 3. The predicted molar refractivity (Wildman–Crippen MR) is 99.4 cm³/mol. The van der Waals surface area contributed by atoms with Crippen LogP contribution in [0, 0.1) is 0 Å². The van der Waals surface area contributed by atoms with Crippen molar-refractivity contribution in [1.82, 2.24) is 14.6 Å². The Hall–Kier alpha value is -3.19. The number of carbonyl (C=O) groups is 1. The first-order valence-corrected chi connectivity index (χ1v) is 8.92. The smallest absolute Gasteiger partial charge is 0.303 e. The van der Waals surface area contributed by atoms with E-state index in [2.05, 4.69) is 33.7 Å². The molecule has 130 valence electrons. The average molecular weight is 365 g/mol. The highest BCUT2D eigenvalue weighted by atomic mass is 32.1. The monoisotopic (exact) mass is 365 g/mol. The molecule has 2 N–H and O–H groups in total. The summed E-state index contributed by atoms with van der Waals surface area (Å²) in [5.74, 6) is -0.986. The summed E-state index contributed by atoms with van der Waals surface area (Å²) in [6.07, 6.45) is 3.32. The van der Waals surface area contributed by atoms with Crippen LogP contribution in [0.15, 0.2) is 54.2 Å². The molecule has 0 atom stereocenters. The Morgan fingerprint density at radius 1 is 1.15 bits per heavy atom. The van der Waals surface area contributed by atoms with Gasteiger partial charge >= 0.3 is 5.97 Å². The second kappa shape index (κ2) is 6.61. The summed E-state index contributed by atoms with van der Waals surface area (Å²) in [6.45, 7) is 0. The van der Waals surface area contributed by atoms with E-state index in [1.807, 2.05) is 18.2 Å². The van der Waals surface area contributed by atoms with Crippen LogP contribution in [0.4, 0.5) is 0 Å². The molecule has 0 aliphatic heterocycles.